The van der Waals surface area contributed by atoms with Gasteiger partial charge < -0.3 is 0 Å². The van der Waals surface area contributed by atoms with Crippen LogP contribution in [0.5, 0.6) is 0 Å². The van der Waals surface area contributed by atoms with Gasteiger partial charge in [0.25, 0.3) is 0 Å². The molecule has 1 aromatic heterocycles. The van der Waals surface area contributed by atoms with Crippen LogP contribution < -0.4 is 0 Å². The molecule has 0 radical (unpaired) electrons. The molecule has 1 fully saturated rings. The zero-order valence-electron chi connectivity index (χ0n) is 7.25. The van der Waals surface area contributed by atoms with Crippen LogP contribution in [0.15, 0.2) is 19.0 Å². The summed E-state index contributed by atoms with van der Waals surface area (Å²) < 4.78 is 0. The molecule has 0 aromatic carbocycles. The fraction of sp³-hybridized carbons (Fsp3) is 0.400. The summed E-state index contributed by atoms with van der Waals surface area (Å²) in [4.78, 5) is 8.62. The van der Waals surface area contributed by atoms with Gasteiger partial charge in [0.1, 0.15) is 0 Å². The van der Waals surface area contributed by atoms with Gasteiger partial charge in [-0.2, -0.15) is 0 Å². The van der Waals surface area contributed by atoms with Crippen molar-refractivity contribution in [2.24, 2.45) is 0 Å². The molecule has 0 saturated heterocycles. The first kappa shape index (κ1) is 7.47. The van der Waals surface area contributed by atoms with Gasteiger partial charge in [0.05, 0.1) is 17.6 Å². The Bertz CT molecular complexity index is 296. The summed E-state index contributed by atoms with van der Waals surface area (Å²) in [5, 5.41) is 0. The van der Waals surface area contributed by atoms with Crippen molar-refractivity contribution in [3.63, 3.8) is 0 Å². The maximum Gasteiger partial charge on any atom is 0.0836 e. The van der Waals surface area contributed by atoms with Crippen molar-refractivity contribution < 1.29 is 0 Å². The third-order valence-electron chi connectivity index (χ3n) is 2.10. The van der Waals surface area contributed by atoms with Crippen molar-refractivity contribution in [1.82, 2.24) is 9.97 Å². The van der Waals surface area contributed by atoms with Crippen molar-refractivity contribution in [2.45, 2.75) is 25.7 Å². The normalized spacial score (nSPS) is 16.1. The molecule has 0 amide bonds. The molecule has 0 N–H and O–H groups in total. The zero-order chi connectivity index (χ0) is 8.55. The predicted octanol–water partition coefficient (Wildman–Crippen LogP) is 2.39. The van der Waals surface area contributed by atoms with Crippen LogP contribution in [0.1, 0.15) is 37.1 Å². The lowest BCUT2D eigenvalue weighted by Crippen LogP contribution is -1.91. The fourth-order valence-corrected chi connectivity index (χ4v) is 1.15. The van der Waals surface area contributed by atoms with E-state index in [4.69, 9.17) is 0 Å². The van der Waals surface area contributed by atoms with E-state index in [1.165, 1.54) is 12.8 Å². The van der Waals surface area contributed by atoms with Crippen LogP contribution in [0.25, 0.3) is 5.57 Å². The minimum Gasteiger partial charge on any atom is -0.257 e. The van der Waals surface area contributed by atoms with Gasteiger partial charge in [-0.3, -0.25) is 9.97 Å². The summed E-state index contributed by atoms with van der Waals surface area (Å²) in [6, 6.07) is 0. The molecule has 0 bridgehead atoms. The van der Waals surface area contributed by atoms with E-state index in [0.29, 0.717) is 5.92 Å². The maximum atomic E-state index is 4.34. The molecule has 0 aliphatic heterocycles. The Morgan fingerprint density at radius 3 is 2.58 bits per heavy atom. The van der Waals surface area contributed by atoms with E-state index >= 15 is 0 Å². The Morgan fingerprint density at radius 2 is 2.17 bits per heavy atom. The topological polar surface area (TPSA) is 25.8 Å². The number of aromatic nitrogens is 2. The summed E-state index contributed by atoms with van der Waals surface area (Å²) in [7, 11) is 0. The standard InChI is InChI=1S/C10H12N2/c1-7(2)9-5-12-10(6-11-9)8-3-4-8/h5-6,8H,1,3-4H2,2H3. The fourth-order valence-electron chi connectivity index (χ4n) is 1.15. The van der Waals surface area contributed by atoms with E-state index in [0.717, 1.165) is 17.0 Å². The highest BCUT2D eigenvalue weighted by Gasteiger charge is 2.24. The number of hydrogen-bond acceptors (Lipinski definition) is 2. The average Bonchev–Trinajstić information content (AvgIpc) is 2.87. The molecular formula is C10H12N2. The number of hydrogen-bond donors (Lipinski definition) is 0. The monoisotopic (exact) mass is 160 g/mol. The lowest BCUT2D eigenvalue weighted by Gasteiger charge is -1.99. The van der Waals surface area contributed by atoms with Crippen LogP contribution in [0.3, 0.4) is 0 Å². The van der Waals surface area contributed by atoms with Gasteiger partial charge in [-0.1, -0.05) is 6.58 Å². The van der Waals surface area contributed by atoms with Crippen LogP contribution in [0.4, 0.5) is 0 Å². The van der Waals surface area contributed by atoms with Crippen LogP contribution in [0, 0.1) is 0 Å². The van der Waals surface area contributed by atoms with Gasteiger partial charge in [0.15, 0.2) is 0 Å². The molecule has 0 unspecified atom stereocenters. The second-order valence-electron chi connectivity index (χ2n) is 3.38. The first-order valence-electron chi connectivity index (χ1n) is 4.25. The summed E-state index contributed by atoms with van der Waals surface area (Å²) in [6.45, 7) is 5.76. The quantitative estimate of drug-likeness (QED) is 0.663. The van der Waals surface area contributed by atoms with Gasteiger partial charge in [-0.05, 0) is 25.3 Å². The Labute approximate surface area is 72.4 Å². The van der Waals surface area contributed by atoms with Gasteiger partial charge in [-0.15, -0.1) is 0 Å². The number of nitrogens with zero attached hydrogens (tertiary/aromatic N) is 2. The van der Waals surface area contributed by atoms with E-state index in [9.17, 15) is 0 Å². The lowest BCUT2D eigenvalue weighted by molar-refractivity contribution is 0.980. The van der Waals surface area contributed by atoms with Gasteiger partial charge in [0.2, 0.25) is 0 Å². The lowest BCUT2D eigenvalue weighted by atomic mass is 10.2. The molecular weight excluding hydrogens is 148 g/mol. The Morgan fingerprint density at radius 1 is 1.42 bits per heavy atom. The van der Waals surface area contributed by atoms with Crippen LogP contribution >= 0.6 is 0 Å². The van der Waals surface area contributed by atoms with E-state index < -0.39 is 0 Å². The highest BCUT2D eigenvalue weighted by molar-refractivity contribution is 5.56. The van der Waals surface area contributed by atoms with Crippen LogP contribution in [0.2, 0.25) is 0 Å². The smallest absolute Gasteiger partial charge is 0.0836 e. The summed E-state index contributed by atoms with van der Waals surface area (Å²) in [5.74, 6) is 0.691. The summed E-state index contributed by atoms with van der Waals surface area (Å²) >= 11 is 0. The molecule has 2 nitrogen and oxygen atoms in total. The summed E-state index contributed by atoms with van der Waals surface area (Å²) in [6.07, 6.45) is 6.25. The highest BCUT2D eigenvalue weighted by atomic mass is 14.8. The van der Waals surface area contributed by atoms with E-state index in [1.54, 1.807) is 0 Å². The van der Waals surface area contributed by atoms with Crippen molar-refractivity contribution >= 4 is 5.57 Å². The van der Waals surface area contributed by atoms with Gasteiger partial charge in [0, 0.05) is 12.1 Å². The third-order valence-corrected chi connectivity index (χ3v) is 2.10. The van der Waals surface area contributed by atoms with Crippen molar-refractivity contribution in [1.29, 1.82) is 0 Å². The molecule has 1 aromatic rings. The molecule has 2 heteroatoms. The number of allylic oxidation sites excluding steroid dienone is 1. The van der Waals surface area contributed by atoms with E-state index in [2.05, 4.69) is 16.5 Å². The first-order chi connectivity index (χ1) is 5.77. The molecule has 12 heavy (non-hydrogen) atoms. The van der Waals surface area contributed by atoms with Crippen LogP contribution in [-0.2, 0) is 0 Å². The Kier molecular flexibility index (Phi) is 1.68. The minimum atomic E-state index is 0.691. The largest absolute Gasteiger partial charge is 0.257 e. The van der Waals surface area contributed by atoms with Gasteiger partial charge in [-0.25, -0.2) is 0 Å². The molecule has 62 valence electrons. The number of rotatable bonds is 2. The van der Waals surface area contributed by atoms with Crippen molar-refractivity contribution in [3.8, 4) is 0 Å². The Hall–Kier alpha value is -1.18. The van der Waals surface area contributed by atoms with Crippen LogP contribution in [-0.4, -0.2) is 9.97 Å². The maximum absolute atomic E-state index is 4.34. The Balaban J connectivity index is 2.24. The SMILES string of the molecule is C=C(C)c1cnc(C2CC2)cn1. The van der Waals surface area contributed by atoms with Gasteiger partial charge >= 0.3 is 0 Å². The highest BCUT2D eigenvalue weighted by Crippen LogP contribution is 2.38. The minimum absolute atomic E-state index is 0.691. The molecule has 1 aliphatic carbocycles. The molecule has 1 saturated carbocycles. The first-order valence-corrected chi connectivity index (χ1v) is 4.25. The molecule has 2 rings (SSSR count). The van der Waals surface area contributed by atoms with Crippen molar-refractivity contribution in [3.05, 3.63) is 30.4 Å². The second-order valence-corrected chi connectivity index (χ2v) is 3.38. The average molecular weight is 160 g/mol. The third kappa shape index (κ3) is 1.37. The van der Waals surface area contributed by atoms with E-state index in [1.807, 2.05) is 19.3 Å². The zero-order valence-corrected chi connectivity index (χ0v) is 7.25. The van der Waals surface area contributed by atoms with Crippen molar-refractivity contribution in [2.75, 3.05) is 0 Å². The predicted molar refractivity (Wildman–Crippen MR) is 48.7 cm³/mol. The molecule has 1 aliphatic rings. The summed E-state index contributed by atoms with van der Waals surface area (Å²) in [5.41, 5.74) is 3.02. The second kappa shape index (κ2) is 2.70. The molecule has 0 atom stereocenters. The molecule has 0 spiro atoms. The molecule has 1 heterocycles. The van der Waals surface area contributed by atoms with E-state index in [-0.39, 0.29) is 0 Å².